The van der Waals surface area contributed by atoms with E-state index in [2.05, 4.69) is 0 Å². The van der Waals surface area contributed by atoms with E-state index in [4.69, 9.17) is 5.26 Å². The molecule has 2 aromatic carbocycles. The van der Waals surface area contributed by atoms with Gasteiger partial charge in [-0.15, -0.1) is 0 Å². The van der Waals surface area contributed by atoms with Crippen LogP contribution >= 0.6 is 0 Å². The van der Waals surface area contributed by atoms with Gasteiger partial charge in [0.2, 0.25) is 0 Å². The Bertz CT molecular complexity index is 782. The van der Waals surface area contributed by atoms with Crippen molar-refractivity contribution in [3.63, 3.8) is 0 Å². The Kier molecular flexibility index (Phi) is 3.79. The SMILES string of the molecule is N#Cc1c(F)c(F)c(-c2c(F)c(F)cc(F)c2F)c(F)c1F. The summed E-state index contributed by atoms with van der Waals surface area (Å²) in [5.74, 6) is -17.8. The van der Waals surface area contributed by atoms with Crippen LogP contribution in [0, 0.1) is 57.9 Å². The van der Waals surface area contributed by atoms with E-state index in [1.807, 2.05) is 0 Å². The van der Waals surface area contributed by atoms with E-state index in [1.165, 1.54) is 0 Å². The first kappa shape index (κ1) is 15.8. The van der Waals surface area contributed by atoms with Crippen molar-refractivity contribution in [3.05, 3.63) is 58.2 Å². The smallest absolute Gasteiger partial charge is 0.180 e. The summed E-state index contributed by atoms with van der Waals surface area (Å²) >= 11 is 0. The molecule has 0 heterocycles. The molecule has 2 aromatic rings. The zero-order valence-electron chi connectivity index (χ0n) is 10.0. The summed E-state index contributed by atoms with van der Waals surface area (Å²) in [5, 5.41) is 8.38. The Balaban J connectivity index is 3.02. The van der Waals surface area contributed by atoms with Crippen molar-refractivity contribution in [2.24, 2.45) is 0 Å². The topological polar surface area (TPSA) is 23.8 Å². The Labute approximate surface area is 117 Å². The van der Waals surface area contributed by atoms with Crippen molar-refractivity contribution in [2.45, 2.75) is 0 Å². The van der Waals surface area contributed by atoms with Gasteiger partial charge in [0.05, 0.1) is 11.1 Å². The molecule has 22 heavy (non-hydrogen) atoms. The largest absolute Gasteiger partial charge is 0.204 e. The number of hydrogen-bond acceptors (Lipinski definition) is 1. The van der Waals surface area contributed by atoms with Crippen LogP contribution in [-0.2, 0) is 0 Å². The molecular formula is C13HF8N. The highest BCUT2D eigenvalue weighted by atomic mass is 19.2. The normalized spacial score (nSPS) is 10.7. The standard InChI is InChI=1S/C13HF8N/c14-4-1-5(15)11(19)6(10(4)18)7-12(20)8(16)3(2-22)9(17)13(7)21/h1H. The maximum atomic E-state index is 13.7. The van der Waals surface area contributed by atoms with Crippen molar-refractivity contribution in [2.75, 3.05) is 0 Å². The van der Waals surface area contributed by atoms with Crippen molar-refractivity contribution in [1.29, 1.82) is 5.26 Å². The molecule has 1 nitrogen and oxygen atoms in total. The molecule has 0 saturated carbocycles. The molecule has 9 heteroatoms. The highest BCUT2D eigenvalue weighted by molar-refractivity contribution is 5.68. The van der Waals surface area contributed by atoms with Crippen molar-refractivity contribution >= 4 is 0 Å². The van der Waals surface area contributed by atoms with Gasteiger partial charge in [0.25, 0.3) is 0 Å². The second-order valence-electron chi connectivity index (χ2n) is 3.96. The summed E-state index contributed by atoms with van der Waals surface area (Å²) in [6.45, 7) is 0. The van der Waals surface area contributed by atoms with Crippen LogP contribution in [0.3, 0.4) is 0 Å². The Morgan fingerprint density at radius 3 is 1.32 bits per heavy atom. The van der Waals surface area contributed by atoms with Gasteiger partial charge in [0, 0.05) is 6.07 Å². The van der Waals surface area contributed by atoms with Crippen LogP contribution in [-0.4, -0.2) is 0 Å². The van der Waals surface area contributed by atoms with E-state index in [9.17, 15) is 35.1 Å². The van der Waals surface area contributed by atoms with Crippen molar-refractivity contribution < 1.29 is 35.1 Å². The van der Waals surface area contributed by atoms with Gasteiger partial charge in [-0.2, -0.15) is 5.26 Å². The zero-order valence-corrected chi connectivity index (χ0v) is 10.0. The van der Waals surface area contributed by atoms with Gasteiger partial charge in [0.1, 0.15) is 11.6 Å². The lowest BCUT2D eigenvalue weighted by molar-refractivity contribution is 0.439. The summed E-state index contributed by atoms with van der Waals surface area (Å²) < 4.78 is 107. The van der Waals surface area contributed by atoms with Crippen molar-refractivity contribution in [1.82, 2.24) is 0 Å². The molecule has 2 rings (SSSR count). The molecule has 0 fully saturated rings. The summed E-state index contributed by atoms with van der Waals surface area (Å²) in [5.41, 5.74) is -5.64. The van der Waals surface area contributed by atoms with Gasteiger partial charge >= 0.3 is 0 Å². The third kappa shape index (κ3) is 2.07. The van der Waals surface area contributed by atoms with E-state index in [-0.39, 0.29) is 6.07 Å². The molecule has 0 N–H and O–H groups in total. The highest BCUT2D eigenvalue weighted by Crippen LogP contribution is 2.36. The lowest BCUT2D eigenvalue weighted by Crippen LogP contribution is -2.08. The van der Waals surface area contributed by atoms with Gasteiger partial charge in [0.15, 0.2) is 46.5 Å². The molecule has 0 spiro atoms. The fourth-order valence-electron chi connectivity index (χ4n) is 1.74. The van der Waals surface area contributed by atoms with Crippen LogP contribution in [0.25, 0.3) is 11.1 Å². The highest BCUT2D eigenvalue weighted by Gasteiger charge is 2.32. The third-order valence-corrected chi connectivity index (χ3v) is 2.74. The van der Waals surface area contributed by atoms with Gasteiger partial charge in [-0.1, -0.05) is 0 Å². The molecule has 114 valence electrons. The molecule has 0 saturated heterocycles. The molecule has 0 aliphatic rings. The summed E-state index contributed by atoms with van der Waals surface area (Å²) in [4.78, 5) is 0. The Hall–Kier alpha value is -2.63. The molecule has 0 aliphatic heterocycles. The number of nitriles is 1. The average Bonchev–Trinajstić information content (AvgIpc) is 2.47. The van der Waals surface area contributed by atoms with E-state index >= 15 is 0 Å². The Morgan fingerprint density at radius 2 is 0.955 bits per heavy atom. The second kappa shape index (κ2) is 5.29. The van der Waals surface area contributed by atoms with Gasteiger partial charge < -0.3 is 0 Å². The zero-order chi connectivity index (χ0) is 16.8. The quantitative estimate of drug-likeness (QED) is 0.566. The summed E-state index contributed by atoms with van der Waals surface area (Å²) in [6.07, 6.45) is 0. The molecule has 0 radical (unpaired) electrons. The maximum Gasteiger partial charge on any atom is 0.180 e. The number of nitrogens with zero attached hydrogens (tertiary/aromatic N) is 1. The number of hydrogen-bond donors (Lipinski definition) is 0. The molecule has 0 atom stereocenters. The van der Waals surface area contributed by atoms with Crippen LogP contribution in [0.5, 0.6) is 0 Å². The first-order chi connectivity index (χ1) is 10.2. The number of benzene rings is 2. The summed E-state index contributed by atoms with van der Waals surface area (Å²) in [6, 6.07) is 0.561. The van der Waals surface area contributed by atoms with Crippen LogP contribution in [0.15, 0.2) is 6.07 Å². The molecule has 0 aromatic heterocycles. The fourth-order valence-corrected chi connectivity index (χ4v) is 1.74. The Morgan fingerprint density at radius 1 is 0.591 bits per heavy atom. The van der Waals surface area contributed by atoms with E-state index < -0.39 is 63.2 Å². The van der Waals surface area contributed by atoms with Crippen LogP contribution in [0.1, 0.15) is 5.56 Å². The number of halogens is 8. The first-order valence-electron chi connectivity index (χ1n) is 5.31. The summed E-state index contributed by atoms with van der Waals surface area (Å²) in [7, 11) is 0. The van der Waals surface area contributed by atoms with Crippen LogP contribution in [0.4, 0.5) is 35.1 Å². The van der Waals surface area contributed by atoms with E-state index in [0.717, 1.165) is 6.07 Å². The lowest BCUT2D eigenvalue weighted by atomic mass is 9.99. The second-order valence-corrected chi connectivity index (χ2v) is 3.96. The molecule has 0 aliphatic carbocycles. The monoisotopic (exact) mass is 323 g/mol. The number of rotatable bonds is 1. The van der Waals surface area contributed by atoms with Crippen molar-refractivity contribution in [3.8, 4) is 17.2 Å². The van der Waals surface area contributed by atoms with Gasteiger partial charge in [-0.3, -0.25) is 0 Å². The molecule has 0 amide bonds. The minimum Gasteiger partial charge on any atom is -0.204 e. The molecular weight excluding hydrogens is 322 g/mol. The van der Waals surface area contributed by atoms with E-state index in [1.54, 1.807) is 0 Å². The third-order valence-electron chi connectivity index (χ3n) is 2.74. The minimum absolute atomic E-state index is 0.250. The molecule has 0 bridgehead atoms. The van der Waals surface area contributed by atoms with Crippen LogP contribution < -0.4 is 0 Å². The maximum absolute atomic E-state index is 13.7. The predicted octanol–water partition coefficient (Wildman–Crippen LogP) is 4.34. The van der Waals surface area contributed by atoms with Gasteiger partial charge in [-0.05, 0) is 0 Å². The average molecular weight is 323 g/mol. The minimum atomic E-state index is -2.36. The predicted molar refractivity (Wildman–Crippen MR) is 56.3 cm³/mol. The van der Waals surface area contributed by atoms with Gasteiger partial charge in [-0.25, -0.2) is 35.1 Å². The first-order valence-corrected chi connectivity index (χ1v) is 5.31. The molecule has 0 unspecified atom stereocenters. The van der Waals surface area contributed by atoms with Crippen LogP contribution in [0.2, 0.25) is 0 Å². The lowest BCUT2D eigenvalue weighted by Gasteiger charge is -2.11. The fraction of sp³-hybridized carbons (Fsp3) is 0. The van der Waals surface area contributed by atoms with E-state index in [0.29, 0.717) is 0 Å².